The normalized spacial score (nSPS) is 12.8. The van der Waals surface area contributed by atoms with E-state index in [9.17, 15) is 4.79 Å². The quantitative estimate of drug-likeness (QED) is 0.792. The number of ketones is 1. The lowest BCUT2D eigenvalue weighted by Gasteiger charge is -2.11. The monoisotopic (exact) mass is 233 g/mol. The highest BCUT2D eigenvalue weighted by molar-refractivity contribution is 5.97. The van der Waals surface area contributed by atoms with Crippen LogP contribution in [0, 0.1) is 6.92 Å². The van der Waals surface area contributed by atoms with E-state index in [1.807, 2.05) is 26.0 Å². The van der Waals surface area contributed by atoms with E-state index in [1.165, 1.54) is 5.56 Å². The maximum atomic E-state index is 12.1. The molecule has 0 heterocycles. The highest BCUT2D eigenvalue weighted by atomic mass is 16.1. The molecule has 0 bridgehead atoms. The Morgan fingerprint density at radius 2 is 1.94 bits per heavy atom. The third kappa shape index (κ3) is 3.97. The fourth-order valence-electron chi connectivity index (χ4n) is 1.79. The Bertz CT molecular complexity index is 394. The third-order valence-electron chi connectivity index (χ3n) is 3.06. The molecule has 0 aliphatic carbocycles. The number of Topliss-reactive ketones (excluding diaryl/α,β-unsaturated/α-hetero) is 1. The summed E-state index contributed by atoms with van der Waals surface area (Å²) in [6.45, 7) is 8.20. The van der Waals surface area contributed by atoms with Gasteiger partial charge in [0.1, 0.15) is 0 Å². The van der Waals surface area contributed by atoms with Gasteiger partial charge in [0.15, 0.2) is 5.78 Å². The molecule has 1 unspecified atom stereocenters. The van der Waals surface area contributed by atoms with Crippen molar-refractivity contribution < 1.29 is 4.79 Å². The number of nitrogens with two attached hydrogens (primary N) is 1. The van der Waals surface area contributed by atoms with Gasteiger partial charge < -0.3 is 5.73 Å². The standard InChI is InChI=1S/C15H23NO/c1-10(2)13-7-5-11(3)14(9-13)15(17)8-6-12(4)16/h5,7,9-10,12H,6,8,16H2,1-4H3. The van der Waals surface area contributed by atoms with Crippen LogP contribution in [-0.4, -0.2) is 11.8 Å². The second-order valence-corrected chi connectivity index (χ2v) is 5.17. The lowest BCUT2D eigenvalue weighted by Crippen LogP contribution is -2.16. The van der Waals surface area contributed by atoms with Crippen LogP contribution in [0.1, 0.15) is 61.0 Å². The van der Waals surface area contributed by atoms with Gasteiger partial charge in [-0.15, -0.1) is 0 Å². The first kappa shape index (κ1) is 13.9. The van der Waals surface area contributed by atoms with Crippen molar-refractivity contribution in [2.45, 2.75) is 52.5 Å². The Kier molecular flexibility index (Phi) is 4.88. The summed E-state index contributed by atoms with van der Waals surface area (Å²) in [7, 11) is 0. The molecule has 2 heteroatoms. The molecule has 1 aromatic carbocycles. The predicted molar refractivity (Wildman–Crippen MR) is 72.5 cm³/mol. The number of carbonyl (C=O) groups is 1. The van der Waals surface area contributed by atoms with E-state index in [-0.39, 0.29) is 11.8 Å². The van der Waals surface area contributed by atoms with Gasteiger partial charge in [-0.3, -0.25) is 4.79 Å². The van der Waals surface area contributed by atoms with Gasteiger partial charge in [-0.05, 0) is 43.4 Å². The van der Waals surface area contributed by atoms with Crippen LogP contribution in [0.5, 0.6) is 0 Å². The molecule has 0 aliphatic rings. The van der Waals surface area contributed by atoms with Crippen molar-refractivity contribution in [2.24, 2.45) is 5.73 Å². The fourth-order valence-corrected chi connectivity index (χ4v) is 1.79. The van der Waals surface area contributed by atoms with E-state index >= 15 is 0 Å². The highest BCUT2D eigenvalue weighted by Crippen LogP contribution is 2.20. The van der Waals surface area contributed by atoms with E-state index in [0.717, 1.165) is 17.5 Å². The maximum absolute atomic E-state index is 12.1. The average molecular weight is 233 g/mol. The number of rotatable bonds is 5. The number of aryl methyl sites for hydroxylation is 1. The SMILES string of the molecule is Cc1ccc(C(C)C)cc1C(=O)CCC(C)N. The van der Waals surface area contributed by atoms with Crippen molar-refractivity contribution >= 4 is 5.78 Å². The van der Waals surface area contributed by atoms with Crippen LogP contribution in [-0.2, 0) is 0 Å². The summed E-state index contributed by atoms with van der Waals surface area (Å²) >= 11 is 0. The lowest BCUT2D eigenvalue weighted by molar-refractivity contribution is 0.0977. The number of hydrogen-bond acceptors (Lipinski definition) is 2. The maximum Gasteiger partial charge on any atom is 0.163 e. The first-order valence-corrected chi connectivity index (χ1v) is 6.31. The molecule has 1 rings (SSSR count). The second kappa shape index (κ2) is 5.97. The molecule has 0 spiro atoms. The van der Waals surface area contributed by atoms with Crippen LogP contribution >= 0.6 is 0 Å². The van der Waals surface area contributed by atoms with Crippen LogP contribution < -0.4 is 5.73 Å². The summed E-state index contributed by atoms with van der Waals surface area (Å²) in [6.07, 6.45) is 1.30. The van der Waals surface area contributed by atoms with E-state index in [0.29, 0.717) is 12.3 Å². The van der Waals surface area contributed by atoms with Gasteiger partial charge in [-0.25, -0.2) is 0 Å². The van der Waals surface area contributed by atoms with Gasteiger partial charge in [-0.2, -0.15) is 0 Å². The van der Waals surface area contributed by atoms with E-state index in [4.69, 9.17) is 5.73 Å². The Hall–Kier alpha value is -1.15. The van der Waals surface area contributed by atoms with Crippen LogP contribution in [0.3, 0.4) is 0 Å². The number of benzene rings is 1. The van der Waals surface area contributed by atoms with Gasteiger partial charge in [0, 0.05) is 18.0 Å². The molecule has 17 heavy (non-hydrogen) atoms. The third-order valence-corrected chi connectivity index (χ3v) is 3.06. The zero-order valence-electron chi connectivity index (χ0n) is 11.3. The predicted octanol–water partition coefficient (Wildman–Crippen LogP) is 3.43. The van der Waals surface area contributed by atoms with Crippen molar-refractivity contribution in [3.63, 3.8) is 0 Å². The smallest absolute Gasteiger partial charge is 0.163 e. The molecule has 0 aromatic heterocycles. The summed E-state index contributed by atoms with van der Waals surface area (Å²) in [5, 5.41) is 0. The fraction of sp³-hybridized carbons (Fsp3) is 0.533. The van der Waals surface area contributed by atoms with Crippen LogP contribution in [0.2, 0.25) is 0 Å². The average Bonchev–Trinajstić information content (AvgIpc) is 2.26. The first-order valence-electron chi connectivity index (χ1n) is 6.31. The van der Waals surface area contributed by atoms with Gasteiger partial charge >= 0.3 is 0 Å². The summed E-state index contributed by atoms with van der Waals surface area (Å²) in [5.74, 6) is 0.665. The second-order valence-electron chi connectivity index (χ2n) is 5.17. The summed E-state index contributed by atoms with van der Waals surface area (Å²) in [4.78, 5) is 12.1. The lowest BCUT2D eigenvalue weighted by atomic mass is 9.94. The van der Waals surface area contributed by atoms with E-state index in [2.05, 4.69) is 19.9 Å². The van der Waals surface area contributed by atoms with E-state index in [1.54, 1.807) is 0 Å². The molecule has 0 radical (unpaired) electrons. The minimum absolute atomic E-state index is 0.0903. The summed E-state index contributed by atoms with van der Waals surface area (Å²) < 4.78 is 0. The number of hydrogen-bond donors (Lipinski definition) is 1. The molecular formula is C15H23NO. The minimum atomic E-state index is 0.0903. The molecule has 0 fully saturated rings. The molecule has 0 aliphatic heterocycles. The summed E-state index contributed by atoms with van der Waals surface area (Å²) in [5.41, 5.74) is 8.82. The molecule has 0 saturated carbocycles. The Balaban J connectivity index is 2.88. The molecule has 94 valence electrons. The first-order chi connectivity index (χ1) is 7.91. The van der Waals surface area contributed by atoms with Gasteiger partial charge in [0.2, 0.25) is 0 Å². The minimum Gasteiger partial charge on any atom is -0.328 e. The van der Waals surface area contributed by atoms with Gasteiger partial charge in [-0.1, -0.05) is 26.0 Å². The van der Waals surface area contributed by atoms with Crippen LogP contribution in [0.15, 0.2) is 18.2 Å². The largest absolute Gasteiger partial charge is 0.328 e. The molecule has 1 aromatic rings. The van der Waals surface area contributed by atoms with Gasteiger partial charge in [0.25, 0.3) is 0 Å². The van der Waals surface area contributed by atoms with Crippen LogP contribution in [0.25, 0.3) is 0 Å². The molecular weight excluding hydrogens is 210 g/mol. The Labute approximate surface area is 104 Å². The zero-order valence-corrected chi connectivity index (χ0v) is 11.3. The molecule has 0 saturated heterocycles. The molecule has 2 nitrogen and oxygen atoms in total. The van der Waals surface area contributed by atoms with Crippen molar-refractivity contribution in [1.29, 1.82) is 0 Å². The van der Waals surface area contributed by atoms with Gasteiger partial charge in [0.05, 0.1) is 0 Å². The van der Waals surface area contributed by atoms with Crippen molar-refractivity contribution in [3.8, 4) is 0 Å². The topological polar surface area (TPSA) is 43.1 Å². The molecule has 0 amide bonds. The van der Waals surface area contributed by atoms with Crippen LogP contribution in [0.4, 0.5) is 0 Å². The molecule has 2 N–H and O–H groups in total. The highest BCUT2D eigenvalue weighted by Gasteiger charge is 2.11. The van der Waals surface area contributed by atoms with E-state index < -0.39 is 0 Å². The van der Waals surface area contributed by atoms with Crippen molar-refractivity contribution in [1.82, 2.24) is 0 Å². The number of carbonyl (C=O) groups excluding carboxylic acids is 1. The zero-order chi connectivity index (χ0) is 13.0. The van der Waals surface area contributed by atoms with Crippen molar-refractivity contribution in [3.05, 3.63) is 34.9 Å². The Morgan fingerprint density at radius 3 is 2.47 bits per heavy atom. The Morgan fingerprint density at radius 1 is 1.29 bits per heavy atom. The summed E-state index contributed by atoms with van der Waals surface area (Å²) in [6, 6.07) is 6.26. The molecule has 1 atom stereocenters. The van der Waals surface area contributed by atoms with Crippen molar-refractivity contribution in [2.75, 3.05) is 0 Å².